The van der Waals surface area contributed by atoms with Gasteiger partial charge in [0.2, 0.25) is 17.7 Å². The van der Waals surface area contributed by atoms with Crippen LogP contribution >= 0.6 is 0 Å². The van der Waals surface area contributed by atoms with Gasteiger partial charge in [-0.05, 0) is 26.2 Å². The molecule has 8 heteroatoms. The van der Waals surface area contributed by atoms with Crippen molar-refractivity contribution in [2.45, 2.75) is 58.2 Å². The largest absolute Gasteiger partial charge is 0.444 e. The van der Waals surface area contributed by atoms with Crippen molar-refractivity contribution >= 4 is 5.91 Å². The smallest absolute Gasteiger partial charge is 0.229 e. The van der Waals surface area contributed by atoms with Crippen molar-refractivity contribution in [3.63, 3.8) is 0 Å². The number of aryl methyl sites for hydroxylation is 1. The molecule has 1 saturated carbocycles. The molecular formula is C17H23N5O3. The van der Waals surface area contributed by atoms with E-state index in [-0.39, 0.29) is 11.9 Å². The predicted octanol–water partition coefficient (Wildman–Crippen LogP) is 1.87. The molecule has 1 aliphatic carbocycles. The summed E-state index contributed by atoms with van der Waals surface area (Å²) in [5, 5.41) is 4.08. The number of carbonyl (C=O) groups excluding carboxylic acids is 1. The Hall–Kier alpha value is -2.22. The fraction of sp³-hybridized carbons (Fsp3) is 0.647. The van der Waals surface area contributed by atoms with Crippen molar-refractivity contribution in [1.82, 2.24) is 24.9 Å². The molecule has 1 amide bonds. The average Bonchev–Trinajstić information content (AvgIpc) is 2.95. The van der Waals surface area contributed by atoms with E-state index in [0.717, 1.165) is 49.8 Å². The Morgan fingerprint density at radius 3 is 2.92 bits per heavy atom. The standard InChI is InChI=1S/C17H23N5O3/c1-11-7-18-16(24-11)10-22(12(2)23)14-5-6-21(8-14)9-15-19-17(25-20-15)13-3-4-13/h7,13-14H,3-6,8-10H2,1-2H3. The molecule has 2 aromatic heterocycles. The van der Waals surface area contributed by atoms with Crippen LogP contribution in [0.5, 0.6) is 0 Å². The van der Waals surface area contributed by atoms with E-state index in [2.05, 4.69) is 20.0 Å². The second-order valence-corrected chi connectivity index (χ2v) is 7.01. The second-order valence-electron chi connectivity index (χ2n) is 7.01. The third-order valence-electron chi connectivity index (χ3n) is 4.84. The Balaban J connectivity index is 1.36. The number of amides is 1. The van der Waals surface area contributed by atoms with E-state index < -0.39 is 0 Å². The highest BCUT2D eigenvalue weighted by atomic mass is 16.5. The van der Waals surface area contributed by atoms with Crippen LogP contribution in [0.4, 0.5) is 0 Å². The number of hydrogen-bond acceptors (Lipinski definition) is 7. The molecule has 134 valence electrons. The van der Waals surface area contributed by atoms with Gasteiger partial charge in [-0.2, -0.15) is 4.98 Å². The molecule has 2 aliphatic rings. The fourth-order valence-electron chi connectivity index (χ4n) is 3.36. The van der Waals surface area contributed by atoms with Gasteiger partial charge >= 0.3 is 0 Å². The van der Waals surface area contributed by atoms with Crippen molar-refractivity contribution in [3.8, 4) is 0 Å². The lowest BCUT2D eigenvalue weighted by Crippen LogP contribution is -2.40. The van der Waals surface area contributed by atoms with Gasteiger partial charge in [0.25, 0.3) is 0 Å². The number of likely N-dealkylation sites (tertiary alicyclic amines) is 1. The minimum absolute atomic E-state index is 0.0401. The molecule has 4 rings (SSSR count). The van der Waals surface area contributed by atoms with Crippen molar-refractivity contribution in [1.29, 1.82) is 0 Å². The Labute approximate surface area is 146 Å². The SMILES string of the molecule is CC(=O)N(Cc1ncc(C)o1)C1CCN(Cc2noc(C3CC3)n2)C1. The van der Waals surface area contributed by atoms with Gasteiger partial charge in [0, 0.05) is 32.0 Å². The van der Waals surface area contributed by atoms with Gasteiger partial charge in [-0.3, -0.25) is 9.69 Å². The van der Waals surface area contributed by atoms with Crippen LogP contribution in [0.15, 0.2) is 15.1 Å². The van der Waals surface area contributed by atoms with Crippen LogP contribution in [0.2, 0.25) is 0 Å². The Bertz CT molecular complexity index is 751. The first kappa shape index (κ1) is 16.3. The molecule has 0 N–H and O–H groups in total. The number of hydrogen-bond donors (Lipinski definition) is 0. The zero-order chi connectivity index (χ0) is 17.4. The predicted molar refractivity (Wildman–Crippen MR) is 87.4 cm³/mol. The van der Waals surface area contributed by atoms with E-state index >= 15 is 0 Å². The van der Waals surface area contributed by atoms with Gasteiger partial charge in [-0.15, -0.1) is 0 Å². The number of oxazole rings is 1. The molecule has 25 heavy (non-hydrogen) atoms. The topological polar surface area (TPSA) is 88.5 Å². The first-order valence-corrected chi connectivity index (χ1v) is 8.82. The lowest BCUT2D eigenvalue weighted by molar-refractivity contribution is -0.132. The minimum Gasteiger partial charge on any atom is -0.444 e. The molecule has 1 atom stereocenters. The minimum atomic E-state index is 0.0401. The molecule has 2 aromatic rings. The number of nitrogens with zero attached hydrogens (tertiary/aromatic N) is 5. The van der Waals surface area contributed by atoms with Gasteiger partial charge < -0.3 is 13.8 Å². The summed E-state index contributed by atoms with van der Waals surface area (Å²) in [5.74, 6) is 3.37. The van der Waals surface area contributed by atoms with Crippen molar-refractivity contribution in [2.24, 2.45) is 0 Å². The van der Waals surface area contributed by atoms with Crippen molar-refractivity contribution in [3.05, 3.63) is 29.6 Å². The molecule has 0 aromatic carbocycles. The summed E-state index contributed by atoms with van der Waals surface area (Å²) >= 11 is 0. The number of aromatic nitrogens is 3. The van der Waals surface area contributed by atoms with Crippen LogP contribution in [0.3, 0.4) is 0 Å². The summed E-state index contributed by atoms with van der Waals surface area (Å²) in [6.45, 7) is 6.23. The molecule has 8 nitrogen and oxygen atoms in total. The summed E-state index contributed by atoms with van der Waals surface area (Å²) in [6.07, 6.45) is 4.91. The lowest BCUT2D eigenvalue weighted by Gasteiger charge is -2.26. The highest BCUT2D eigenvalue weighted by Gasteiger charge is 2.32. The van der Waals surface area contributed by atoms with E-state index in [4.69, 9.17) is 8.94 Å². The van der Waals surface area contributed by atoms with Crippen LogP contribution in [-0.4, -0.2) is 50.0 Å². The van der Waals surface area contributed by atoms with Crippen molar-refractivity contribution in [2.75, 3.05) is 13.1 Å². The highest BCUT2D eigenvalue weighted by Crippen LogP contribution is 2.38. The van der Waals surface area contributed by atoms with E-state index in [1.54, 1.807) is 13.1 Å². The fourth-order valence-corrected chi connectivity index (χ4v) is 3.36. The molecule has 0 radical (unpaired) electrons. The van der Waals surface area contributed by atoms with Gasteiger partial charge in [0.1, 0.15) is 5.76 Å². The molecule has 1 aliphatic heterocycles. The molecule has 0 spiro atoms. The van der Waals surface area contributed by atoms with Gasteiger partial charge in [0.05, 0.1) is 19.3 Å². The summed E-state index contributed by atoms with van der Waals surface area (Å²) in [4.78, 5) is 24.9. The summed E-state index contributed by atoms with van der Waals surface area (Å²) in [7, 11) is 0. The normalized spacial score (nSPS) is 21.0. The van der Waals surface area contributed by atoms with Crippen LogP contribution in [0.1, 0.15) is 55.5 Å². The second kappa shape index (κ2) is 6.59. The van der Waals surface area contributed by atoms with E-state index in [9.17, 15) is 4.79 Å². The van der Waals surface area contributed by atoms with E-state index in [1.807, 2.05) is 11.8 Å². The maximum absolute atomic E-state index is 12.1. The maximum Gasteiger partial charge on any atom is 0.229 e. The maximum atomic E-state index is 12.1. The van der Waals surface area contributed by atoms with Gasteiger partial charge in [-0.25, -0.2) is 4.98 Å². The Morgan fingerprint density at radius 2 is 2.24 bits per heavy atom. The van der Waals surface area contributed by atoms with E-state index in [1.165, 1.54) is 0 Å². The van der Waals surface area contributed by atoms with Gasteiger partial charge in [-0.1, -0.05) is 5.16 Å². The Morgan fingerprint density at radius 1 is 1.40 bits per heavy atom. The zero-order valence-electron chi connectivity index (χ0n) is 14.6. The first-order valence-electron chi connectivity index (χ1n) is 8.82. The van der Waals surface area contributed by atoms with Gasteiger partial charge in [0.15, 0.2) is 5.82 Å². The van der Waals surface area contributed by atoms with Crippen molar-refractivity contribution < 1.29 is 13.7 Å². The summed E-state index contributed by atoms with van der Waals surface area (Å²) in [5.41, 5.74) is 0. The van der Waals surface area contributed by atoms with Crippen LogP contribution < -0.4 is 0 Å². The molecule has 1 unspecified atom stereocenters. The zero-order valence-corrected chi connectivity index (χ0v) is 14.6. The summed E-state index contributed by atoms with van der Waals surface area (Å²) in [6, 6.07) is 0.152. The average molecular weight is 345 g/mol. The quantitative estimate of drug-likeness (QED) is 0.789. The molecule has 3 heterocycles. The van der Waals surface area contributed by atoms with Crippen LogP contribution in [0, 0.1) is 6.92 Å². The molecule has 2 fully saturated rings. The molecule has 1 saturated heterocycles. The van der Waals surface area contributed by atoms with Crippen LogP contribution in [0.25, 0.3) is 0 Å². The van der Waals surface area contributed by atoms with E-state index in [0.29, 0.717) is 24.9 Å². The highest BCUT2D eigenvalue weighted by molar-refractivity contribution is 5.73. The third kappa shape index (κ3) is 3.73. The number of carbonyl (C=O) groups is 1. The lowest BCUT2D eigenvalue weighted by atomic mass is 10.2. The Kier molecular flexibility index (Phi) is 4.29. The first-order chi connectivity index (χ1) is 12.1. The third-order valence-corrected chi connectivity index (χ3v) is 4.84. The monoisotopic (exact) mass is 345 g/mol. The summed E-state index contributed by atoms with van der Waals surface area (Å²) < 4.78 is 10.8. The molecular weight excluding hydrogens is 322 g/mol. The van der Waals surface area contributed by atoms with Crippen LogP contribution in [-0.2, 0) is 17.9 Å². The molecule has 0 bridgehead atoms. The number of rotatable bonds is 6.